The molecule has 1 atom stereocenters. The second kappa shape index (κ2) is 6.68. The predicted octanol–water partition coefficient (Wildman–Crippen LogP) is 2.52. The van der Waals surface area contributed by atoms with Gasteiger partial charge in [0.1, 0.15) is 11.8 Å². The van der Waals surface area contributed by atoms with Gasteiger partial charge in [-0.15, -0.1) is 0 Å². The molecular weight excluding hydrogens is 328 g/mol. The first kappa shape index (κ1) is 16.6. The van der Waals surface area contributed by atoms with Gasteiger partial charge in [0.25, 0.3) is 0 Å². The van der Waals surface area contributed by atoms with Crippen LogP contribution < -0.4 is 4.74 Å². The fraction of sp³-hybridized carbons (Fsp3) is 0.353. The molecule has 1 saturated heterocycles. The summed E-state index contributed by atoms with van der Waals surface area (Å²) in [5, 5.41) is 0.631. The number of carbonyl (C=O) groups excluding carboxylic acids is 2. The quantitative estimate of drug-likeness (QED) is 0.784. The number of esters is 1. The van der Waals surface area contributed by atoms with E-state index in [-0.39, 0.29) is 12.5 Å². The van der Waals surface area contributed by atoms with Crippen molar-refractivity contribution in [2.45, 2.75) is 19.9 Å². The van der Waals surface area contributed by atoms with E-state index >= 15 is 0 Å². The summed E-state index contributed by atoms with van der Waals surface area (Å²) in [6.45, 7) is 3.79. The van der Waals surface area contributed by atoms with E-state index in [0.29, 0.717) is 22.2 Å². The summed E-state index contributed by atoms with van der Waals surface area (Å²) in [5.74, 6) is 0.559. The largest absolute Gasteiger partial charge is 0.497 e. The molecule has 0 aliphatic carbocycles. The molecule has 0 radical (unpaired) electrons. The molecule has 0 unspecified atom stereocenters. The average molecular weight is 346 g/mol. The van der Waals surface area contributed by atoms with Crippen LogP contribution in [0.4, 0.5) is 0 Å². The van der Waals surface area contributed by atoms with Gasteiger partial charge in [-0.2, -0.15) is 0 Å². The van der Waals surface area contributed by atoms with E-state index in [4.69, 9.17) is 9.47 Å². The lowest BCUT2D eigenvalue weighted by atomic mass is 9.96. The van der Waals surface area contributed by atoms with Gasteiger partial charge < -0.3 is 9.47 Å². The standard InChI is InChI=1S/C17H18N2O4S/c1-4-23-16(21)14-10(2)19-13(20)9-24-17(19)18-15(14)11-5-7-12(22-3)8-6-11/h5-8,15H,4,9H2,1-3H3/t15-/m1/s1. The molecule has 2 aliphatic rings. The Balaban J connectivity index is 2.07. The summed E-state index contributed by atoms with van der Waals surface area (Å²) < 4.78 is 10.4. The van der Waals surface area contributed by atoms with Crippen LogP contribution in [0.2, 0.25) is 0 Å². The number of ether oxygens (including phenoxy) is 2. The number of hydrogen-bond donors (Lipinski definition) is 0. The van der Waals surface area contributed by atoms with Gasteiger partial charge in [-0.05, 0) is 31.5 Å². The van der Waals surface area contributed by atoms with Gasteiger partial charge in [0, 0.05) is 5.70 Å². The van der Waals surface area contributed by atoms with Crippen LogP contribution in [0.25, 0.3) is 0 Å². The van der Waals surface area contributed by atoms with Crippen molar-refractivity contribution in [3.05, 3.63) is 41.1 Å². The third kappa shape index (κ3) is 2.80. The molecule has 7 heteroatoms. The monoisotopic (exact) mass is 346 g/mol. The normalized spacial score (nSPS) is 20.0. The van der Waals surface area contributed by atoms with Crippen LogP contribution in [0.1, 0.15) is 25.5 Å². The summed E-state index contributed by atoms with van der Waals surface area (Å²) >= 11 is 1.39. The van der Waals surface area contributed by atoms with Crippen LogP contribution in [0.3, 0.4) is 0 Å². The fourth-order valence-corrected chi connectivity index (χ4v) is 3.71. The highest BCUT2D eigenvalue weighted by Crippen LogP contribution is 2.39. The molecule has 0 saturated carbocycles. The summed E-state index contributed by atoms with van der Waals surface area (Å²) in [4.78, 5) is 30.7. The van der Waals surface area contributed by atoms with E-state index in [1.807, 2.05) is 24.3 Å². The molecule has 2 heterocycles. The van der Waals surface area contributed by atoms with Gasteiger partial charge in [-0.3, -0.25) is 9.69 Å². The van der Waals surface area contributed by atoms with Crippen molar-refractivity contribution in [1.82, 2.24) is 4.90 Å². The summed E-state index contributed by atoms with van der Waals surface area (Å²) in [6, 6.07) is 6.91. The highest BCUT2D eigenvalue weighted by atomic mass is 32.2. The lowest BCUT2D eigenvalue weighted by Gasteiger charge is -2.29. The minimum absolute atomic E-state index is 0.0637. The highest BCUT2D eigenvalue weighted by Gasteiger charge is 2.40. The summed E-state index contributed by atoms with van der Waals surface area (Å²) in [5.41, 5.74) is 1.85. The number of thioether (sulfide) groups is 1. The molecule has 1 aromatic carbocycles. The van der Waals surface area contributed by atoms with E-state index in [1.54, 1.807) is 21.0 Å². The number of nitrogens with zero attached hydrogens (tertiary/aromatic N) is 2. The van der Waals surface area contributed by atoms with E-state index in [9.17, 15) is 9.59 Å². The molecule has 0 spiro atoms. The molecule has 6 nitrogen and oxygen atoms in total. The Hall–Kier alpha value is -2.28. The number of carbonyl (C=O) groups is 2. The van der Waals surface area contributed by atoms with Crippen molar-refractivity contribution in [2.24, 2.45) is 4.99 Å². The fourth-order valence-electron chi connectivity index (χ4n) is 2.78. The molecule has 3 rings (SSSR count). The number of amidine groups is 1. The van der Waals surface area contributed by atoms with Crippen molar-refractivity contribution in [1.29, 1.82) is 0 Å². The smallest absolute Gasteiger partial charge is 0.338 e. The van der Waals surface area contributed by atoms with Crippen molar-refractivity contribution in [3.8, 4) is 5.75 Å². The molecule has 1 aromatic rings. The van der Waals surface area contributed by atoms with Crippen molar-refractivity contribution >= 4 is 28.8 Å². The Morgan fingerprint density at radius 1 is 1.38 bits per heavy atom. The minimum atomic E-state index is -0.486. The Labute approximate surface area is 144 Å². The molecule has 0 N–H and O–H groups in total. The molecule has 0 bridgehead atoms. The Morgan fingerprint density at radius 2 is 2.08 bits per heavy atom. The zero-order valence-electron chi connectivity index (χ0n) is 13.7. The Kier molecular flexibility index (Phi) is 4.62. The molecule has 2 aliphatic heterocycles. The van der Waals surface area contributed by atoms with Gasteiger partial charge in [-0.25, -0.2) is 9.79 Å². The number of rotatable bonds is 4. The number of allylic oxidation sites excluding steroid dienone is 1. The molecule has 1 amide bonds. The molecular formula is C17H18N2O4S. The van der Waals surface area contributed by atoms with Gasteiger partial charge in [0.15, 0.2) is 5.17 Å². The average Bonchev–Trinajstić information content (AvgIpc) is 2.96. The van der Waals surface area contributed by atoms with Crippen LogP contribution in [-0.4, -0.2) is 41.4 Å². The van der Waals surface area contributed by atoms with Gasteiger partial charge in [-0.1, -0.05) is 23.9 Å². The van der Waals surface area contributed by atoms with Crippen molar-refractivity contribution < 1.29 is 19.1 Å². The molecule has 126 valence electrons. The van der Waals surface area contributed by atoms with Crippen LogP contribution in [0.15, 0.2) is 40.5 Å². The zero-order chi connectivity index (χ0) is 17.3. The minimum Gasteiger partial charge on any atom is -0.497 e. The highest BCUT2D eigenvalue weighted by molar-refractivity contribution is 8.15. The van der Waals surface area contributed by atoms with Crippen LogP contribution in [-0.2, 0) is 14.3 Å². The van der Waals surface area contributed by atoms with Gasteiger partial charge in [0.2, 0.25) is 5.91 Å². The zero-order valence-corrected chi connectivity index (χ0v) is 14.6. The van der Waals surface area contributed by atoms with Crippen LogP contribution in [0, 0.1) is 0 Å². The van der Waals surface area contributed by atoms with Gasteiger partial charge >= 0.3 is 5.97 Å². The maximum atomic E-state index is 12.5. The SMILES string of the molecule is CCOC(=O)C1=C(C)N2C(=O)CSC2=N[C@@H]1c1ccc(OC)cc1. The maximum absolute atomic E-state index is 12.5. The number of fused-ring (bicyclic) bond motifs is 1. The van der Waals surface area contributed by atoms with Crippen molar-refractivity contribution in [2.75, 3.05) is 19.5 Å². The van der Waals surface area contributed by atoms with Crippen LogP contribution >= 0.6 is 11.8 Å². The second-order valence-corrected chi connectivity index (χ2v) is 6.27. The van der Waals surface area contributed by atoms with Gasteiger partial charge in [0.05, 0.1) is 25.0 Å². The summed E-state index contributed by atoms with van der Waals surface area (Å²) in [7, 11) is 1.60. The van der Waals surface area contributed by atoms with E-state index in [2.05, 4.69) is 4.99 Å². The number of benzene rings is 1. The maximum Gasteiger partial charge on any atom is 0.338 e. The van der Waals surface area contributed by atoms with E-state index in [0.717, 1.165) is 11.3 Å². The van der Waals surface area contributed by atoms with E-state index in [1.165, 1.54) is 16.7 Å². The number of amides is 1. The first-order valence-electron chi connectivity index (χ1n) is 7.62. The Bertz CT molecular complexity index is 739. The number of hydrogen-bond acceptors (Lipinski definition) is 6. The summed E-state index contributed by atoms with van der Waals surface area (Å²) in [6.07, 6.45) is 0. The Morgan fingerprint density at radius 3 is 2.71 bits per heavy atom. The molecule has 24 heavy (non-hydrogen) atoms. The molecule has 1 fully saturated rings. The van der Waals surface area contributed by atoms with Crippen LogP contribution in [0.5, 0.6) is 5.75 Å². The molecule has 0 aromatic heterocycles. The van der Waals surface area contributed by atoms with E-state index < -0.39 is 12.0 Å². The van der Waals surface area contributed by atoms with Crippen molar-refractivity contribution in [3.63, 3.8) is 0 Å². The first-order chi connectivity index (χ1) is 11.6. The topological polar surface area (TPSA) is 68.2 Å². The third-order valence-electron chi connectivity index (χ3n) is 3.93. The lowest BCUT2D eigenvalue weighted by Crippen LogP contribution is -2.35. The lowest BCUT2D eigenvalue weighted by molar-refractivity contribution is -0.139. The number of aliphatic imine (C=N–C) groups is 1. The second-order valence-electron chi connectivity index (χ2n) is 5.32. The number of methoxy groups -OCH3 is 1. The first-order valence-corrected chi connectivity index (χ1v) is 8.60. The third-order valence-corrected chi connectivity index (χ3v) is 4.87. The predicted molar refractivity (Wildman–Crippen MR) is 91.8 cm³/mol.